The number of ether oxygens (including phenoxy) is 1. The minimum atomic E-state index is 0.413. The van der Waals surface area contributed by atoms with Crippen LogP contribution in [0.3, 0.4) is 0 Å². The summed E-state index contributed by atoms with van der Waals surface area (Å²) in [6.45, 7) is 8.24. The molecule has 0 saturated heterocycles. The van der Waals surface area contributed by atoms with Crippen molar-refractivity contribution < 1.29 is 4.74 Å². The standard InChI is InChI=1S/C17H25N3O/c1-13(2)20-14(3)16(12-19-20)11-18-9-8-15-6-5-7-17(10-15)21-4/h5-7,10,12-13,18H,8-9,11H2,1-4H3. The summed E-state index contributed by atoms with van der Waals surface area (Å²) >= 11 is 0. The maximum atomic E-state index is 5.24. The van der Waals surface area contributed by atoms with E-state index in [2.05, 4.69) is 48.0 Å². The second-order valence-electron chi connectivity index (χ2n) is 5.57. The summed E-state index contributed by atoms with van der Waals surface area (Å²) in [5, 5.41) is 7.92. The quantitative estimate of drug-likeness (QED) is 0.795. The minimum absolute atomic E-state index is 0.413. The largest absolute Gasteiger partial charge is 0.497 e. The van der Waals surface area contributed by atoms with Crippen LogP contribution in [0.25, 0.3) is 0 Å². The van der Waals surface area contributed by atoms with Gasteiger partial charge in [0.1, 0.15) is 5.75 Å². The molecule has 4 heteroatoms. The van der Waals surface area contributed by atoms with E-state index in [1.54, 1.807) is 7.11 Å². The van der Waals surface area contributed by atoms with E-state index in [0.717, 1.165) is 25.3 Å². The highest BCUT2D eigenvalue weighted by atomic mass is 16.5. The lowest BCUT2D eigenvalue weighted by atomic mass is 10.1. The first kappa shape index (κ1) is 15.6. The average molecular weight is 287 g/mol. The van der Waals surface area contributed by atoms with E-state index in [9.17, 15) is 0 Å². The fraction of sp³-hybridized carbons (Fsp3) is 0.471. The van der Waals surface area contributed by atoms with Gasteiger partial charge in [-0.1, -0.05) is 12.1 Å². The van der Waals surface area contributed by atoms with Gasteiger partial charge < -0.3 is 10.1 Å². The van der Waals surface area contributed by atoms with Crippen molar-refractivity contribution in [1.29, 1.82) is 0 Å². The Balaban J connectivity index is 1.82. The number of benzene rings is 1. The fourth-order valence-corrected chi connectivity index (χ4v) is 2.44. The summed E-state index contributed by atoms with van der Waals surface area (Å²) in [4.78, 5) is 0. The Morgan fingerprint density at radius 3 is 2.81 bits per heavy atom. The number of nitrogens with one attached hydrogen (secondary N) is 1. The third kappa shape index (κ3) is 4.08. The number of nitrogens with zero attached hydrogens (tertiary/aromatic N) is 2. The van der Waals surface area contributed by atoms with Crippen molar-refractivity contribution in [1.82, 2.24) is 15.1 Å². The maximum Gasteiger partial charge on any atom is 0.119 e. The van der Waals surface area contributed by atoms with Gasteiger partial charge in [-0.05, 0) is 51.4 Å². The highest BCUT2D eigenvalue weighted by Gasteiger charge is 2.08. The zero-order chi connectivity index (χ0) is 15.2. The molecule has 21 heavy (non-hydrogen) atoms. The van der Waals surface area contributed by atoms with Gasteiger partial charge in [-0.25, -0.2) is 0 Å². The van der Waals surface area contributed by atoms with Crippen molar-refractivity contribution in [3.63, 3.8) is 0 Å². The first-order valence-corrected chi connectivity index (χ1v) is 7.48. The predicted octanol–water partition coefficient (Wildman–Crippen LogP) is 3.11. The van der Waals surface area contributed by atoms with Gasteiger partial charge in [-0.15, -0.1) is 0 Å². The Hall–Kier alpha value is -1.81. The lowest BCUT2D eigenvalue weighted by Gasteiger charge is -2.09. The van der Waals surface area contributed by atoms with E-state index in [4.69, 9.17) is 4.74 Å². The molecule has 1 aromatic carbocycles. The van der Waals surface area contributed by atoms with Crippen molar-refractivity contribution in [3.8, 4) is 5.75 Å². The van der Waals surface area contributed by atoms with Crippen molar-refractivity contribution in [3.05, 3.63) is 47.3 Å². The number of rotatable bonds is 7. The lowest BCUT2D eigenvalue weighted by molar-refractivity contribution is 0.414. The second kappa shape index (κ2) is 7.27. The zero-order valence-corrected chi connectivity index (χ0v) is 13.4. The first-order valence-electron chi connectivity index (χ1n) is 7.48. The number of methoxy groups -OCH3 is 1. The third-order valence-electron chi connectivity index (χ3n) is 3.68. The lowest BCUT2D eigenvalue weighted by Crippen LogP contribution is -2.17. The van der Waals surface area contributed by atoms with Gasteiger partial charge in [0.25, 0.3) is 0 Å². The molecule has 2 aromatic rings. The van der Waals surface area contributed by atoms with Gasteiger partial charge in [0.2, 0.25) is 0 Å². The molecule has 0 aliphatic heterocycles. The van der Waals surface area contributed by atoms with Crippen LogP contribution in [0.4, 0.5) is 0 Å². The van der Waals surface area contributed by atoms with Gasteiger partial charge in [-0.3, -0.25) is 4.68 Å². The number of hydrogen-bond acceptors (Lipinski definition) is 3. The van der Waals surface area contributed by atoms with Crippen LogP contribution in [0.5, 0.6) is 5.75 Å². The van der Waals surface area contributed by atoms with E-state index >= 15 is 0 Å². The molecule has 0 aliphatic rings. The molecule has 0 radical (unpaired) electrons. The molecule has 114 valence electrons. The highest BCUT2D eigenvalue weighted by molar-refractivity contribution is 5.28. The molecular formula is C17H25N3O. The van der Waals surface area contributed by atoms with Gasteiger partial charge in [0.15, 0.2) is 0 Å². The first-order chi connectivity index (χ1) is 10.1. The van der Waals surface area contributed by atoms with E-state index < -0.39 is 0 Å². The van der Waals surface area contributed by atoms with Crippen LogP contribution in [-0.4, -0.2) is 23.4 Å². The van der Waals surface area contributed by atoms with Crippen molar-refractivity contribution in [2.75, 3.05) is 13.7 Å². The smallest absolute Gasteiger partial charge is 0.119 e. The molecule has 1 heterocycles. The summed E-state index contributed by atoms with van der Waals surface area (Å²) in [6, 6.07) is 8.64. The van der Waals surface area contributed by atoms with Gasteiger partial charge in [-0.2, -0.15) is 5.10 Å². The normalized spacial score (nSPS) is 11.1. The minimum Gasteiger partial charge on any atom is -0.497 e. The molecular weight excluding hydrogens is 262 g/mol. The van der Waals surface area contributed by atoms with E-state index in [1.165, 1.54) is 16.8 Å². The summed E-state index contributed by atoms with van der Waals surface area (Å²) in [7, 11) is 1.70. The molecule has 4 nitrogen and oxygen atoms in total. The summed E-state index contributed by atoms with van der Waals surface area (Å²) in [5.41, 5.74) is 3.81. The summed E-state index contributed by atoms with van der Waals surface area (Å²) in [6.07, 6.45) is 2.96. The Kier molecular flexibility index (Phi) is 5.39. The van der Waals surface area contributed by atoms with Gasteiger partial charge in [0.05, 0.1) is 13.3 Å². The summed E-state index contributed by atoms with van der Waals surface area (Å²) < 4.78 is 7.31. The van der Waals surface area contributed by atoms with Crippen LogP contribution >= 0.6 is 0 Å². The predicted molar refractivity (Wildman–Crippen MR) is 85.8 cm³/mol. The Morgan fingerprint density at radius 1 is 1.33 bits per heavy atom. The molecule has 0 spiro atoms. The number of aromatic nitrogens is 2. The number of hydrogen-bond donors (Lipinski definition) is 1. The Labute approximate surface area is 127 Å². The van der Waals surface area contributed by atoms with Crippen LogP contribution < -0.4 is 10.1 Å². The molecule has 0 fully saturated rings. The monoisotopic (exact) mass is 287 g/mol. The average Bonchev–Trinajstić information content (AvgIpc) is 2.85. The Bertz CT molecular complexity index is 575. The Morgan fingerprint density at radius 2 is 2.14 bits per heavy atom. The van der Waals surface area contributed by atoms with E-state index in [-0.39, 0.29) is 0 Å². The van der Waals surface area contributed by atoms with Crippen molar-refractivity contribution in [2.45, 2.75) is 39.8 Å². The molecule has 0 amide bonds. The fourth-order valence-electron chi connectivity index (χ4n) is 2.44. The summed E-state index contributed by atoms with van der Waals surface area (Å²) in [5.74, 6) is 0.918. The van der Waals surface area contributed by atoms with Crippen molar-refractivity contribution >= 4 is 0 Å². The second-order valence-corrected chi connectivity index (χ2v) is 5.57. The van der Waals surface area contributed by atoms with Crippen LogP contribution in [0.2, 0.25) is 0 Å². The van der Waals surface area contributed by atoms with Crippen LogP contribution in [0, 0.1) is 6.92 Å². The zero-order valence-electron chi connectivity index (χ0n) is 13.4. The van der Waals surface area contributed by atoms with Crippen molar-refractivity contribution in [2.24, 2.45) is 0 Å². The van der Waals surface area contributed by atoms with E-state index in [1.807, 2.05) is 18.3 Å². The molecule has 0 atom stereocenters. The van der Waals surface area contributed by atoms with Crippen LogP contribution in [-0.2, 0) is 13.0 Å². The molecule has 1 N–H and O–H groups in total. The molecule has 2 rings (SSSR count). The maximum absolute atomic E-state index is 5.24. The molecule has 1 aromatic heterocycles. The molecule has 0 bridgehead atoms. The van der Waals surface area contributed by atoms with Crippen LogP contribution in [0.15, 0.2) is 30.5 Å². The molecule has 0 aliphatic carbocycles. The molecule has 0 unspecified atom stereocenters. The molecule has 0 saturated carbocycles. The third-order valence-corrected chi connectivity index (χ3v) is 3.68. The highest BCUT2D eigenvalue weighted by Crippen LogP contribution is 2.14. The van der Waals surface area contributed by atoms with Crippen LogP contribution in [0.1, 0.15) is 36.7 Å². The van der Waals surface area contributed by atoms with E-state index in [0.29, 0.717) is 6.04 Å². The van der Waals surface area contributed by atoms with Gasteiger partial charge in [0, 0.05) is 23.8 Å². The topological polar surface area (TPSA) is 39.1 Å². The SMILES string of the molecule is COc1cccc(CCNCc2cnn(C(C)C)c2C)c1. The van der Waals surface area contributed by atoms with Gasteiger partial charge >= 0.3 is 0 Å².